The van der Waals surface area contributed by atoms with Crippen molar-refractivity contribution in [3.05, 3.63) is 6.61 Å². The van der Waals surface area contributed by atoms with Crippen LogP contribution in [0.1, 0.15) is 65.2 Å². The van der Waals surface area contributed by atoms with Gasteiger partial charge in [-0.05, 0) is 12.8 Å². The first kappa shape index (κ1) is 13.5. The number of carbonyl (C=O) groups excluding carboxylic acids is 1. The molecule has 0 aromatic heterocycles. The van der Waals surface area contributed by atoms with Gasteiger partial charge in [0.1, 0.15) is 6.61 Å². The minimum absolute atomic E-state index is 0.215. The summed E-state index contributed by atoms with van der Waals surface area (Å²) in [6.07, 6.45) is 9.98. The zero-order valence-corrected chi connectivity index (χ0v) is 9.55. The molecule has 0 saturated carbocycles. The average molecular weight is 199 g/mol. The largest absolute Gasteiger partial charge is 0.459 e. The number of rotatable bonds is 9. The Balaban J connectivity index is 2.88. The lowest BCUT2D eigenvalue weighted by molar-refractivity contribution is -0.137. The van der Waals surface area contributed by atoms with Crippen molar-refractivity contribution in [3.63, 3.8) is 0 Å². The van der Waals surface area contributed by atoms with Crippen LogP contribution in [-0.4, -0.2) is 5.97 Å². The summed E-state index contributed by atoms with van der Waals surface area (Å²) in [6, 6.07) is 0. The van der Waals surface area contributed by atoms with Crippen molar-refractivity contribution < 1.29 is 9.53 Å². The third-order valence-electron chi connectivity index (χ3n) is 2.17. The second-order valence-corrected chi connectivity index (χ2v) is 3.69. The van der Waals surface area contributed by atoms with Crippen molar-refractivity contribution in [2.75, 3.05) is 0 Å². The van der Waals surface area contributed by atoms with Gasteiger partial charge in [0.25, 0.3) is 0 Å². The Morgan fingerprint density at radius 1 is 1.07 bits per heavy atom. The molecule has 0 aliphatic carbocycles. The molecule has 83 valence electrons. The maximum Gasteiger partial charge on any atom is 0.303 e. The summed E-state index contributed by atoms with van der Waals surface area (Å²) < 4.78 is 4.72. The highest BCUT2D eigenvalue weighted by molar-refractivity contribution is 5.66. The van der Waals surface area contributed by atoms with Crippen LogP contribution >= 0.6 is 0 Å². The number of unbranched alkanes of at least 4 members (excludes halogenated alkanes) is 7. The van der Waals surface area contributed by atoms with Gasteiger partial charge in [0, 0.05) is 6.92 Å². The van der Waals surface area contributed by atoms with Crippen LogP contribution in [0.25, 0.3) is 0 Å². The monoisotopic (exact) mass is 199 g/mol. The van der Waals surface area contributed by atoms with Crippen molar-refractivity contribution in [1.82, 2.24) is 0 Å². The summed E-state index contributed by atoms with van der Waals surface area (Å²) in [6.45, 7) is 5.28. The van der Waals surface area contributed by atoms with Crippen molar-refractivity contribution in [1.29, 1.82) is 0 Å². The van der Waals surface area contributed by atoms with Crippen LogP contribution in [0.4, 0.5) is 0 Å². The number of carbonyl (C=O) groups is 1. The average Bonchev–Trinajstić information content (AvgIpc) is 2.15. The summed E-state index contributed by atoms with van der Waals surface area (Å²) in [5.41, 5.74) is 0. The van der Waals surface area contributed by atoms with Crippen LogP contribution in [-0.2, 0) is 9.53 Å². The minimum Gasteiger partial charge on any atom is -0.459 e. The van der Waals surface area contributed by atoms with Crippen molar-refractivity contribution in [2.45, 2.75) is 65.2 Å². The smallest absolute Gasteiger partial charge is 0.303 e. The maximum absolute atomic E-state index is 10.4. The molecule has 0 spiro atoms. The quantitative estimate of drug-likeness (QED) is 0.416. The fourth-order valence-corrected chi connectivity index (χ4v) is 1.36. The number of hydrogen-bond acceptors (Lipinski definition) is 2. The van der Waals surface area contributed by atoms with E-state index < -0.39 is 0 Å². The van der Waals surface area contributed by atoms with Crippen molar-refractivity contribution in [2.24, 2.45) is 0 Å². The highest BCUT2D eigenvalue weighted by atomic mass is 16.5. The molecule has 0 saturated heterocycles. The van der Waals surface area contributed by atoms with Crippen molar-refractivity contribution >= 4 is 5.97 Å². The number of ether oxygens (including phenoxy) is 1. The van der Waals surface area contributed by atoms with Gasteiger partial charge in [-0.15, -0.1) is 0 Å². The number of esters is 1. The predicted molar refractivity (Wildman–Crippen MR) is 58.7 cm³/mol. The normalized spacial score (nSPS) is 10.1. The topological polar surface area (TPSA) is 26.3 Å². The molecule has 0 bridgehead atoms. The van der Waals surface area contributed by atoms with Crippen LogP contribution in [0.15, 0.2) is 0 Å². The maximum atomic E-state index is 10.4. The van der Waals surface area contributed by atoms with Crippen molar-refractivity contribution in [3.8, 4) is 0 Å². The lowest BCUT2D eigenvalue weighted by atomic mass is 10.1. The van der Waals surface area contributed by atoms with Crippen LogP contribution in [0, 0.1) is 6.61 Å². The Morgan fingerprint density at radius 2 is 1.64 bits per heavy atom. The van der Waals surface area contributed by atoms with Gasteiger partial charge in [0.15, 0.2) is 0 Å². The first-order valence-corrected chi connectivity index (χ1v) is 5.76. The number of hydrogen-bond donors (Lipinski definition) is 0. The lowest BCUT2D eigenvalue weighted by Crippen LogP contribution is -1.94. The van der Waals surface area contributed by atoms with Gasteiger partial charge in [-0.3, -0.25) is 4.79 Å². The fourth-order valence-electron chi connectivity index (χ4n) is 1.36. The molecule has 0 aromatic carbocycles. The van der Waals surface area contributed by atoms with E-state index in [1.807, 2.05) is 0 Å². The second kappa shape index (κ2) is 10.6. The molecular formula is C12H23O2. The molecule has 2 nitrogen and oxygen atoms in total. The Morgan fingerprint density at radius 3 is 2.21 bits per heavy atom. The van der Waals surface area contributed by atoms with E-state index >= 15 is 0 Å². The van der Waals surface area contributed by atoms with Crippen LogP contribution in [0.3, 0.4) is 0 Å². The van der Waals surface area contributed by atoms with Gasteiger partial charge in [0.05, 0.1) is 0 Å². The molecule has 14 heavy (non-hydrogen) atoms. The van der Waals surface area contributed by atoms with Gasteiger partial charge in [-0.1, -0.05) is 45.4 Å². The standard InChI is InChI=1S/C12H23O2/c1-3-4-5-6-7-8-9-10-11-14-12(2)13/h11H,3-10H2,1-2H3. The van der Waals surface area contributed by atoms with E-state index in [-0.39, 0.29) is 5.97 Å². The molecule has 0 aromatic rings. The fraction of sp³-hybridized carbons (Fsp3) is 0.833. The predicted octanol–water partition coefficient (Wildman–Crippen LogP) is 3.85. The van der Waals surface area contributed by atoms with Crippen LogP contribution < -0.4 is 0 Å². The zero-order chi connectivity index (χ0) is 10.6. The summed E-state index contributed by atoms with van der Waals surface area (Å²) in [5.74, 6) is -0.215. The summed E-state index contributed by atoms with van der Waals surface area (Å²) >= 11 is 0. The Labute approximate surface area is 88.0 Å². The van der Waals surface area contributed by atoms with E-state index in [1.54, 1.807) is 6.61 Å². The van der Waals surface area contributed by atoms with Gasteiger partial charge in [-0.25, -0.2) is 0 Å². The van der Waals surface area contributed by atoms with E-state index in [1.165, 1.54) is 45.4 Å². The summed E-state index contributed by atoms with van der Waals surface area (Å²) in [4.78, 5) is 10.4. The summed E-state index contributed by atoms with van der Waals surface area (Å²) in [7, 11) is 0. The first-order chi connectivity index (χ1) is 6.77. The molecule has 0 unspecified atom stereocenters. The van der Waals surface area contributed by atoms with Crippen LogP contribution in [0.2, 0.25) is 0 Å². The van der Waals surface area contributed by atoms with E-state index in [0.717, 1.165) is 12.8 Å². The Bertz CT molecular complexity index is 132. The molecule has 0 N–H and O–H groups in total. The lowest BCUT2D eigenvalue weighted by Gasteiger charge is -2.01. The van der Waals surface area contributed by atoms with E-state index in [2.05, 4.69) is 6.92 Å². The minimum atomic E-state index is -0.215. The van der Waals surface area contributed by atoms with E-state index in [9.17, 15) is 4.79 Å². The molecule has 0 fully saturated rings. The molecule has 2 heteroatoms. The van der Waals surface area contributed by atoms with Gasteiger partial charge < -0.3 is 4.74 Å². The van der Waals surface area contributed by atoms with E-state index in [4.69, 9.17) is 4.74 Å². The molecule has 0 heterocycles. The third-order valence-corrected chi connectivity index (χ3v) is 2.17. The summed E-state index contributed by atoms with van der Waals surface area (Å²) in [5, 5.41) is 0. The third kappa shape index (κ3) is 11.5. The first-order valence-electron chi connectivity index (χ1n) is 5.76. The molecule has 1 radical (unpaired) electrons. The molecular weight excluding hydrogens is 176 g/mol. The molecule has 0 aliphatic heterocycles. The highest BCUT2D eigenvalue weighted by Gasteiger charge is 1.94. The molecule has 0 atom stereocenters. The Hall–Kier alpha value is -0.530. The second-order valence-electron chi connectivity index (χ2n) is 3.69. The van der Waals surface area contributed by atoms with Crippen LogP contribution in [0.5, 0.6) is 0 Å². The molecule has 0 aliphatic rings. The van der Waals surface area contributed by atoms with Gasteiger partial charge >= 0.3 is 5.97 Å². The molecule has 0 amide bonds. The Kier molecular flexibility index (Phi) is 10.2. The highest BCUT2D eigenvalue weighted by Crippen LogP contribution is 2.09. The zero-order valence-electron chi connectivity index (χ0n) is 9.55. The SMILES string of the molecule is CCCCCCCCC[CH]OC(C)=O. The molecule has 0 rings (SSSR count). The van der Waals surface area contributed by atoms with Gasteiger partial charge in [0.2, 0.25) is 0 Å². The van der Waals surface area contributed by atoms with Gasteiger partial charge in [-0.2, -0.15) is 0 Å². The van der Waals surface area contributed by atoms with E-state index in [0.29, 0.717) is 0 Å².